The highest BCUT2D eigenvalue weighted by Crippen LogP contribution is 2.33. The Bertz CT molecular complexity index is 1230. The second-order valence-electron chi connectivity index (χ2n) is 8.23. The first-order valence-corrected chi connectivity index (χ1v) is 10.6. The summed E-state index contributed by atoms with van der Waals surface area (Å²) in [5.41, 5.74) is 0.483. The molecular formula is C21H23F2N7O2. The van der Waals surface area contributed by atoms with E-state index in [1.54, 1.807) is 31.4 Å². The molecule has 0 saturated heterocycles. The first-order chi connectivity index (χ1) is 15.4. The molecule has 2 fully saturated rings. The standard InChI is InChI=1S/C21H23F2N7O2/c1-24-18-9-17(26-16-3-2-6-29(21(16)32)12-7-11(22)8-12)28-19-13(10-25-30(18)19)20(31)27-15-5-4-14(15)23/h2-3,6,9-12,14-15,24H,4-5,7-8H2,1H3,(H,26,28)(H,27,31)/t11?,12?,14-,15-/m1/s1. The van der Waals surface area contributed by atoms with Crippen LogP contribution in [-0.2, 0) is 0 Å². The largest absolute Gasteiger partial charge is 0.373 e. The van der Waals surface area contributed by atoms with Crippen LogP contribution in [0, 0.1) is 0 Å². The van der Waals surface area contributed by atoms with Crippen molar-refractivity contribution in [2.75, 3.05) is 17.7 Å². The summed E-state index contributed by atoms with van der Waals surface area (Å²) in [5, 5.41) is 12.9. The molecule has 3 aromatic heterocycles. The van der Waals surface area contributed by atoms with Crippen LogP contribution in [0.15, 0.2) is 35.4 Å². The Labute approximate surface area is 181 Å². The Morgan fingerprint density at radius 3 is 2.72 bits per heavy atom. The molecule has 0 aromatic carbocycles. The Morgan fingerprint density at radius 2 is 2.06 bits per heavy atom. The van der Waals surface area contributed by atoms with Gasteiger partial charge >= 0.3 is 0 Å². The van der Waals surface area contributed by atoms with Gasteiger partial charge in [-0.05, 0) is 37.8 Å². The van der Waals surface area contributed by atoms with Crippen molar-refractivity contribution in [2.45, 2.75) is 50.1 Å². The number of halogens is 2. The summed E-state index contributed by atoms with van der Waals surface area (Å²) >= 11 is 0. The average Bonchev–Trinajstić information content (AvgIpc) is 3.19. The van der Waals surface area contributed by atoms with Crippen molar-refractivity contribution in [1.29, 1.82) is 0 Å². The number of nitrogens with one attached hydrogen (secondary N) is 3. The van der Waals surface area contributed by atoms with Gasteiger partial charge in [-0.3, -0.25) is 9.59 Å². The highest BCUT2D eigenvalue weighted by Gasteiger charge is 2.33. The number of nitrogens with zero attached hydrogens (tertiary/aromatic N) is 4. The summed E-state index contributed by atoms with van der Waals surface area (Å²) in [5.74, 6) is 0.418. The number of fused-ring (bicyclic) bond motifs is 1. The van der Waals surface area contributed by atoms with E-state index < -0.39 is 24.3 Å². The van der Waals surface area contributed by atoms with Gasteiger partial charge in [0.05, 0.1) is 12.2 Å². The van der Waals surface area contributed by atoms with Gasteiger partial charge in [0.2, 0.25) is 0 Å². The Balaban J connectivity index is 1.46. The number of carbonyl (C=O) groups excluding carboxylic acids is 1. The van der Waals surface area contributed by atoms with Crippen LogP contribution in [0.4, 0.5) is 26.1 Å². The van der Waals surface area contributed by atoms with Crippen LogP contribution in [0.2, 0.25) is 0 Å². The summed E-state index contributed by atoms with van der Waals surface area (Å²) in [6.07, 6.45) is 2.81. The molecule has 2 saturated carbocycles. The van der Waals surface area contributed by atoms with Crippen molar-refractivity contribution < 1.29 is 13.6 Å². The van der Waals surface area contributed by atoms with E-state index in [1.807, 2.05) is 0 Å². The van der Waals surface area contributed by atoms with Gasteiger partial charge in [-0.25, -0.2) is 13.8 Å². The zero-order chi connectivity index (χ0) is 22.4. The van der Waals surface area contributed by atoms with Crippen molar-refractivity contribution >= 4 is 28.9 Å². The number of anilines is 3. The van der Waals surface area contributed by atoms with Crippen molar-refractivity contribution in [3.8, 4) is 0 Å². The molecule has 9 nitrogen and oxygen atoms in total. The van der Waals surface area contributed by atoms with Crippen LogP contribution in [0.5, 0.6) is 0 Å². The van der Waals surface area contributed by atoms with Gasteiger partial charge in [0, 0.05) is 25.4 Å². The van der Waals surface area contributed by atoms with Crippen LogP contribution in [0.1, 0.15) is 42.1 Å². The van der Waals surface area contributed by atoms with E-state index in [9.17, 15) is 18.4 Å². The molecule has 5 rings (SSSR count). The predicted octanol–water partition coefficient (Wildman–Crippen LogP) is 2.58. The fraction of sp³-hybridized carbons (Fsp3) is 0.429. The minimum Gasteiger partial charge on any atom is -0.373 e. The molecule has 2 aliphatic rings. The number of rotatable bonds is 6. The van der Waals surface area contributed by atoms with Gasteiger partial charge in [0.1, 0.15) is 35.2 Å². The van der Waals surface area contributed by atoms with Gasteiger partial charge < -0.3 is 20.5 Å². The number of hydrogen-bond acceptors (Lipinski definition) is 6. The van der Waals surface area contributed by atoms with Crippen LogP contribution < -0.4 is 21.5 Å². The third-order valence-corrected chi connectivity index (χ3v) is 6.17. The molecule has 3 aromatic rings. The van der Waals surface area contributed by atoms with E-state index in [-0.39, 0.29) is 28.5 Å². The zero-order valence-corrected chi connectivity index (χ0v) is 17.4. The topological polar surface area (TPSA) is 105 Å². The van der Waals surface area contributed by atoms with Crippen LogP contribution in [0.25, 0.3) is 5.65 Å². The minimum atomic E-state index is -1.04. The number of hydrogen-bond donors (Lipinski definition) is 3. The Hall–Kier alpha value is -3.50. The molecule has 3 heterocycles. The van der Waals surface area contributed by atoms with E-state index in [4.69, 9.17) is 0 Å². The Kier molecular flexibility index (Phi) is 5.03. The summed E-state index contributed by atoms with van der Waals surface area (Å²) in [6, 6.07) is 4.34. The number of pyridine rings is 1. The number of aromatic nitrogens is 4. The van der Waals surface area contributed by atoms with Crippen molar-refractivity contribution in [3.63, 3.8) is 0 Å². The second-order valence-corrected chi connectivity index (χ2v) is 8.23. The first kappa shape index (κ1) is 20.4. The Morgan fingerprint density at radius 1 is 1.25 bits per heavy atom. The quantitative estimate of drug-likeness (QED) is 0.541. The number of alkyl halides is 2. The van der Waals surface area contributed by atoms with Gasteiger partial charge in [-0.1, -0.05) is 0 Å². The van der Waals surface area contributed by atoms with E-state index in [0.29, 0.717) is 37.3 Å². The molecule has 0 unspecified atom stereocenters. The lowest BCUT2D eigenvalue weighted by Gasteiger charge is -2.31. The number of carbonyl (C=O) groups is 1. The van der Waals surface area contributed by atoms with Gasteiger partial charge in [0.15, 0.2) is 5.65 Å². The highest BCUT2D eigenvalue weighted by molar-refractivity contribution is 6.00. The molecule has 32 heavy (non-hydrogen) atoms. The van der Waals surface area contributed by atoms with E-state index in [2.05, 4.69) is 26.0 Å². The summed E-state index contributed by atoms with van der Waals surface area (Å²) in [6.45, 7) is 0. The van der Waals surface area contributed by atoms with Gasteiger partial charge in [0.25, 0.3) is 11.5 Å². The van der Waals surface area contributed by atoms with Gasteiger partial charge in [-0.2, -0.15) is 9.61 Å². The molecular weight excluding hydrogens is 420 g/mol. The van der Waals surface area contributed by atoms with Crippen LogP contribution in [-0.4, -0.2) is 50.5 Å². The molecule has 2 atom stereocenters. The molecule has 2 aliphatic carbocycles. The first-order valence-electron chi connectivity index (χ1n) is 10.6. The maximum Gasteiger partial charge on any atom is 0.274 e. The maximum atomic E-state index is 13.6. The van der Waals surface area contributed by atoms with Crippen molar-refractivity contribution in [3.05, 3.63) is 46.5 Å². The van der Waals surface area contributed by atoms with Crippen molar-refractivity contribution in [1.82, 2.24) is 24.5 Å². The summed E-state index contributed by atoms with van der Waals surface area (Å²) in [4.78, 5) is 30.0. The zero-order valence-electron chi connectivity index (χ0n) is 17.4. The molecule has 0 aliphatic heterocycles. The molecule has 11 heteroatoms. The van der Waals surface area contributed by atoms with E-state index in [1.165, 1.54) is 15.3 Å². The lowest BCUT2D eigenvalue weighted by atomic mass is 9.90. The summed E-state index contributed by atoms with van der Waals surface area (Å²) in [7, 11) is 1.70. The fourth-order valence-corrected chi connectivity index (χ4v) is 4.01. The minimum absolute atomic E-state index is 0.154. The molecule has 0 bridgehead atoms. The lowest BCUT2D eigenvalue weighted by molar-refractivity contribution is 0.0826. The third kappa shape index (κ3) is 3.47. The molecule has 3 N–H and O–H groups in total. The fourth-order valence-electron chi connectivity index (χ4n) is 4.01. The van der Waals surface area contributed by atoms with Crippen LogP contribution >= 0.6 is 0 Å². The monoisotopic (exact) mass is 443 g/mol. The maximum absolute atomic E-state index is 13.6. The van der Waals surface area contributed by atoms with E-state index >= 15 is 0 Å². The molecule has 1 amide bonds. The van der Waals surface area contributed by atoms with Crippen molar-refractivity contribution in [2.24, 2.45) is 0 Å². The number of amides is 1. The normalized spacial score (nSPS) is 24.5. The average molecular weight is 443 g/mol. The summed E-state index contributed by atoms with van der Waals surface area (Å²) < 4.78 is 29.8. The molecule has 0 spiro atoms. The molecule has 168 valence electrons. The second kappa shape index (κ2) is 7.88. The smallest absolute Gasteiger partial charge is 0.274 e. The predicted molar refractivity (Wildman–Crippen MR) is 115 cm³/mol. The lowest BCUT2D eigenvalue weighted by Crippen LogP contribution is -2.48. The SMILES string of the molecule is CNc1cc(Nc2cccn(C3CC(F)C3)c2=O)nc2c(C(=O)N[C@@H]3CC[C@H]3F)cnn12. The van der Waals surface area contributed by atoms with E-state index in [0.717, 1.165) is 0 Å². The molecule has 0 radical (unpaired) electrons. The third-order valence-electron chi connectivity index (χ3n) is 6.17. The van der Waals surface area contributed by atoms with Crippen LogP contribution in [0.3, 0.4) is 0 Å². The highest BCUT2D eigenvalue weighted by atomic mass is 19.1. The van der Waals surface area contributed by atoms with Gasteiger partial charge in [-0.15, -0.1) is 0 Å².